The van der Waals surface area contributed by atoms with Crippen LogP contribution in [0.5, 0.6) is 0 Å². The van der Waals surface area contributed by atoms with Gasteiger partial charge in [-0.15, -0.1) is 11.3 Å². The minimum absolute atomic E-state index is 0.00640. The third-order valence-corrected chi connectivity index (χ3v) is 7.71. The van der Waals surface area contributed by atoms with Crippen molar-refractivity contribution < 1.29 is 14.1 Å². The number of nitrogens with one attached hydrogen (secondary N) is 2. The average molecular weight is 452 g/mol. The van der Waals surface area contributed by atoms with E-state index in [2.05, 4.69) is 31.4 Å². The second kappa shape index (κ2) is 7.48. The highest BCUT2D eigenvalue weighted by atomic mass is 32.1. The Balaban J connectivity index is 1.40. The highest BCUT2D eigenvalue weighted by Crippen LogP contribution is 2.46. The van der Waals surface area contributed by atoms with Gasteiger partial charge in [0.15, 0.2) is 6.17 Å². The first kappa shape index (κ1) is 20.8. The molecule has 1 amide bonds. The Labute approximate surface area is 190 Å². The number of anilines is 1. The predicted molar refractivity (Wildman–Crippen MR) is 124 cm³/mol. The number of thiophene rings is 1. The summed E-state index contributed by atoms with van der Waals surface area (Å²) in [7, 11) is 0. The number of amides is 1. The molecule has 166 valence electrons. The van der Waals surface area contributed by atoms with Crippen LogP contribution >= 0.6 is 11.3 Å². The van der Waals surface area contributed by atoms with Crippen molar-refractivity contribution >= 4 is 27.9 Å². The Morgan fingerprint density at radius 2 is 2.00 bits per heavy atom. The second-order valence-corrected chi connectivity index (χ2v) is 10.7. The third kappa shape index (κ3) is 3.58. The van der Waals surface area contributed by atoms with Gasteiger partial charge in [0.2, 0.25) is 0 Å². The summed E-state index contributed by atoms with van der Waals surface area (Å²) in [4.78, 5) is 25.0. The topological polar surface area (TPSA) is 97.4 Å². The maximum atomic E-state index is 13.0. The van der Waals surface area contributed by atoms with Crippen LogP contribution in [0.3, 0.4) is 0 Å². The van der Waals surface area contributed by atoms with Gasteiger partial charge in [-0.2, -0.15) is 0 Å². The van der Waals surface area contributed by atoms with Crippen molar-refractivity contribution in [1.29, 1.82) is 0 Å². The number of benzene rings is 1. The Morgan fingerprint density at radius 3 is 2.75 bits per heavy atom. The molecule has 0 saturated carbocycles. The van der Waals surface area contributed by atoms with Gasteiger partial charge in [-0.05, 0) is 48.3 Å². The molecule has 8 heteroatoms. The molecule has 3 heterocycles. The zero-order valence-electron chi connectivity index (χ0n) is 18.2. The largest absolute Gasteiger partial charge is 0.457 e. The molecule has 1 aliphatic heterocycles. The SMILES string of the molecule is CC(C)(C)[C@@H]1CCc2c(sc3c2C(=O)N[C@@H](c2ccc(-c4cccc([N+](=O)[O-])c4)o2)N3)C1. The molecule has 2 aromatic heterocycles. The zero-order valence-corrected chi connectivity index (χ0v) is 19.0. The van der Waals surface area contributed by atoms with E-state index in [1.165, 1.54) is 22.6 Å². The van der Waals surface area contributed by atoms with Gasteiger partial charge in [0.25, 0.3) is 11.6 Å². The monoisotopic (exact) mass is 451 g/mol. The summed E-state index contributed by atoms with van der Waals surface area (Å²) in [5, 5.41) is 18.4. The molecule has 2 aliphatic rings. The number of nitrogens with zero attached hydrogens (tertiary/aromatic N) is 1. The summed E-state index contributed by atoms with van der Waals surface area (Å²) in [6.45, 7) is 6.85. The first-order valence-electron chi connectivity index (χ1n) is 10.8. The normalized spacial score (nSPS) is 20.2. The second-order valence-electron chi connectivity index (χ2n) is 9.57. The van der Waals surface area contributed by atoms with Crippen molar-refractivity contribution in [1.82, 2.24) is 5.32 Å². The lowest BCUT2D eigenvalue weighted by molar-refractivity contribution is -0.384. The fraction of sp³-hybridized carbons (Fsp3) is 0.375. The lowest BCUT2D eigenvalue weighted by Gasteiger charge is -2.34. The van der Waals surface area contributed by atoms with Crippen LogP contribution in [0, 0.1) is 21.4 Å². The van der Waals surface area contributed by atoms with Gasteiger partial charge in [-0.3, -0.25) is 14.9 Å². The van der Waals surface area contributed by atoms with E-state index < -0.39 is 11.1 Å². The van der Waals surface area contributed by atoms with Crippen molar-refractivity contribution in [3.63, 3.8) is 0 Å². The molecule has 1 aliphatic carbocycles. The minimum atomic E-state index is -0.485. The molecule has 0 fully saturated rings. The number of carbonyl (C=O) groups is 1. The fourth-order valence-corrected chi connectivity index (χ4v) is 5.97. The summed E-state index contributed by atoms with van der Waals surface area (Å²) in [6, 6.07) is 9.88. The molecule has 32 heavy (non-hydrogen) atoms. The standard InChI is InChI=1S/C24H25N3O4S/c1-24(2,3)14-7-8-16-19(12-14)32-23-20(16)22(28)25-21(26-23)18-10-9-17(31-18)13-5-4-6-15(11-13)27(29)30/h4-6,9-11,14,21,26H,7-8,12H2,1-3H3,(H,25,28)/t14-,21-/m1/s1. The summed E-state index contributed by atoms with van der Waals surface area (Å²) in [6.07, 6.45) is 2.55. The van der Waals surface area contributed by atoms with Crippen molar-refractivity contribution in [2.75, 3.05) is 5.32 Å². The van der Waals surface area contributed by atoms with Crippen molar-refractivity contribution in [3.8, 4) is 11.3 Å². The fourth-order valence-electron chi connectivity index (χ4n) is 4.62. The van der Waals surface area contributed by atoms with Crippen molar-refractivity contribution in [2.45, 2.75) is 46.2 Å². The number of carbonyl (C=O) groups excluding carboxylic acids is 1. The van der Waals surface area contributed by atoms with E-state index in [4.69, 9.17) is 4.42 Å². The highest BCUT2D eigenvalue weighted by Gasteiger charge is 2.37. The minimum Gasteiger partial charge on any atom is -0.457 e. The summed E-state index contributed by atoms with van der Waals surface area (Å²) < 4.78 is 5.98. The number of nitro benzene ring substituents is 1. The number of rotatable bonds is 3. The average Bonchev–Trinajstić information content (AvgIpc) is 3.37. The van der Waals surface area contributed by atoms with E-state index in [1.807, 2.05) is 0 Å². The van der Waals surface area contributed by atoms with Gasteiger partial charge in [0.1, 0.15) is 16.5 Å². The number of non-ortho nitro benzene ring substituents is 1. The summed E-state index contributed by atoms with van der Waals surface area (Å²) in [5.74, 6) is 1.61. The molecule has 0 saturated heterocycles. The van der Waals surface area contributed by atoms with Crippen LogP contribution in [0.15, 0.2) is 40.8 Å². The van der Waals surface area contributed by atoms with Crippen LogP contribution in [0.4, 0.5) is 10.7 Å². The van der Waals surface area contributed by atoms with Crippen LogP contribution in [0.25, 0.3) is 11.3 Å². The Hall–Kier alpha value is -3.13. The zero-order chi connectivity index (χ0) is 22.6. The molecule has 3 aromatic rings. The summed E-state index contributed by atoms with van der Waals surface area (Å²) in [5.41, 5.74) is 2.84. The van der Waals surface area contributed by atoms with Gasteiger partial charge >= 0.3 is 0 Å². The van der Waals surface area contributed by atoms with Gasteiger partial charge < -0.3 is 15.1 Å². The van der Waals surface area contributed by atoms with E-state index in [1.54, 1.807) is 35.6 Å². The van der Waals surface area contributed by atoms with Gasteiger partial charge in [-0.25, -0.2) is 0 Å². The smallest absolute Gasteiger partial charge is 0.270 e. The quantitative estimate of drug-likeness (QED) is 0.380. The lowest BCUT2D eigenvalue weighted by Crippen LogP contribution is -2.38. The van der Waals surface area contributed by atoms with E-state index in [0.29, 0.717) is 23.0 Å². The number of hydrogen-bond donors (Lipinski definition) is 2. The Morgan fingerprint density at radius 1 is 1.19 bits per heavy atom. The highest BCUT2D eigenvalue weighted by molar-refractivity contribution is 7.16. The molecular formula is C24H25N3O4S. The Kier molecular flexibility index (Phi) is 4.85. The number of hydrogen-bond acceptors (Lipinski definition) is 6. The molecule has 1 aromatic carbocycles. The first-order valence-corrected chi connectivity index (χ1v) is 11.6. The molecule has 2 atom stereocenters. The predicted octanol–water partition coefficient (Wildman–Crippen LogP) is 5.92. The molecule has 0 spiro atoms. The van der Waals surface area contributed by atoms with Gasteiger partial charge in [0, 0.05) is 22.6 Å². The number of nitro groups is 1. The molecule has 7 nitrogen and oxygen atoms in total. The molecule has 0 bridgehead atoms. The lowest BCUT2D eigenvalue weighted by atomic mass is 9.72. The van der Waals surface area contributed by atoms with Crippen LogP contribution in [0.1, 0.15) is 59.9 Å². The van der Waals surface area contributed by atoms with Crippen LogP contribution in [-0.4, -0.2) is 10.8 Å². The van der Waals surface area contributed by atoms with Crippen LogP contribution < -0.4 is 10.6 Å². The van der Waals surface area contributed by atoms with Gasteiger partial charge in [-0.1, -0.05) is 32.9 Å². The first-order chi connectivity index (χ1) is 15.2. The molecular weight excluding hydrogens is 426 g/mol. The van der Waals surface area contributed by atoms with E-state index >= 15 is 0 Å². The maximum absolute atomic E-state index is 13.0. The molecule has 0 unspecified atom stereocenters. The van der Waals surface area contributed by atoms with E-state index in [-0.39, 0.29) is 17.0 Å². The van der Waals surface area contributed by atoms with Crippen molar-refractivity contribution in [3.05, 3.63) is 68.3 Å². The Bertz CT molecular complexity index is 1220. The molecule has 0 radical (unpaired) electrons. The van der Waals surface area contributed by atoms with Crippen LogP contribution in [0.2, 0.25) is 0 Å². The molecule has 5 rings (SSSR count). The third-order valence-electron chi connectivity index (χ3n) is 6.52. The summed E-state index contributed by atoms with van der Waals surface area (Å²) >= 11 is 1.68. The van der Waals surface area contributed by atoms with Crippen molar-refractivity contribution in [2.24, 2.45) is 11.3 Å². The maximum Gasteiger partial charge on any atom is 0.270 e. The number of furan rings is 1. The molecule has 2 N–H and O–H groups in total. The van der Waals surface area contributed by atoms with E-state index in [9.17, 15) is 14.9 Å². The van der Waals surface area contributed by atoms with E-state index in [0.717, 1.165) is 29.8 Å². The van der Waals surface area contributed by atoms with Gasteiger partial charge in [0.05, 0.1) is 10.5 Å². The number of fused-ring (bicyclic) bond motifs is 3. The van der Waals surface area contributed by atoms with Crippen LogP contribution in [-0.2, 0) is 12.8 Å².